The van der Waals surface area contributed by atoms with E-state index < -0.39 is 83.4 Å². The van der Waals surface area contributed by atoms with Gasteiger partial charge in [-0.2, -0.15) is 0 Å². The third-order valence-electron chi connectivity index (χ3n) is 8.76. The molecule has 3 rings (SSSR count). The Balaban J connectivity index is 2.32. The van der Waals surface area contributed by atoms with E-state index in [0.717, 1.165) is 6.92 Å². The Labute approximate surface area is 251 Å². The first-order valence-electron chi connectivity index (χ1n) is 14.8. The Hall–Kier alpha value is -3.25. The van der Waals surface area contributed by atoms with Crippen molar-refractivity contribution in [1.82, 2.24) is 0 Å². The van der Waals surface area contributed by atoms with Crippen LogP contribution in [0.2, 0.25) is 0 Å². The summed E-state index contributed by atoms with van der Waals surface area (Å²) in [5.41, 5.74) is -6.13. The normalized spacial score (nSPS) is 35.3. The van der Waals surface area contributed by atoms with Crippen LogP contribution in [0.3, 0.4) is 0 Å². The molecule has 2 aliphatic carbocycles. The van der Waals surface area contributed by atoms with E-state index >= 15 is 0 Å². The molecule has 0 aromatic carbocycles. The molecule has 1 saturated carbocycles. The number of rotatable bonds is 10. The predicted molar refractivity (Wildman–Crippen MR) is 150 cm³/mol. The van der Waals surface area contributed by atoms with E-state index in [-0.39, 0.29) is 29.6 Å². The number of hydrogen-bond donors (Lipinski definition) is 2. The average Bonchev–Trinajstić information content (AvgIpc) is 3.25. The zero-order valence-electron chi connectivity index (χ0n) is 26.2. The minimum Gasteiger partial charge on any atom is -0.459 e. The molecule has 2 N–H and O–H groups in total. The Morgan fingerprint density at radius 2 is 1.63 bits per heavy atom. The lowest BCUT2D eigenvalue weighted by atomic mass is 9.75. The van der Waals surface area contributed by atoms with Crippen LogP contribution in [0.1, 0.15) is 93.9 Å². The number of esters is 5. The molecule has 8 atom stereocenters. The molecule has 12 nitrogen and oxygen atoms in total. The number of fused-ring (bicyclic) bond motifs is 3. The van der Waals surface area contributed by atoms with Gasteiger partial charge in [0.2, 0.25) is 0 Å². The van der Waals surface area contributed by atoms with Crippen molar-refractivity contribution in [2.45, 2.75) is 135 Å². The first-order chi connectivity index (χ1) is 20.0. The van der Waals surface area contributed by atoms with Gasteiger partial charge in [-0.25, -0.2) is 9.59 Å². The van der Waals surface area contributed by atoms with E-state index in [9.17, 15) is 34.2 Å². The number of aliphatic hydroxyl groups is 2. The molecular weight excluding hydrogens is 564 g/mol. The molecule has 0 aromatic rings. The summed E-state index contributed by atoms with van der Waals surface area (Å²) in [6.07, 6.45) is -2.93. The fraction of sp³-hybridized carbons (Fsp3) is 0.710. The predicted octanol–water partition coefficient (Wildman–Crippen LogP) is 2.76. The summed E-state index contributed by atoms with van der Waals surface area (Å²) in [4.78, 5) is 64.5. The van der Waals surface area contributed by atoms with Crippen molar-refractivity contribution in [3.8, 4) is 0 Å². The smallest absolute Gasteiger partial charge is 0.341 e. The van der Waals surface area contributed by atoms with Gasteiger partial charge >= 0.3 is 29.8 Å². The SMILES string of the molecule is C/C=C(/C)C(=O)O[C@H]1C(C)=C2[C@H]([C@H]1OC(=O)CCCC)[C@@](C)(OC(C)=O)C[C@H](OC(=O)CCC)[C@@]1(O)[C@H]2OC(=O)[C@@]1(C)O. The summed E-state index contributed by atoms with van der Waals surface area (Å²) >= 11 is 0. The highest BCUT2D eigenvalue weighted by Crippen LogP contribution is 2.57. The molecule has 1 aliphatic heterocycles. The van der Waals surface area contributed by atoms with E-state index in [1.165, 1.54) is 13.8 Å². The fourth-order valence-corrected chi connectivity index (χ4v) is 6.35. The van der Waals surface area contributed by atoms with Crippen LogP contribution in [-0.4, -0.2) is 81.3 Å². The van der Waals surface area contributed by atoms with Gasteiger partial charge in [-0.3, -0.25) is 14.4 Å². The molecule has 1 heterocycles. The standard InChI is InChI=1S/C31H44O12/c1-9-12-14-21(34)40-25-23-22(17(5)24(25)41-27(35)16(4)11-3)26-31(38,30(8,37)28(36)42-26)19(39-20(33)13-10-2)15-29(23,7)43-18(6)32/h11,19,23-26,37-38H,9-10,12-15H2,1-8H3/b16-11-/t19-,23+,24-,25+,26-,29-,30+,31+/m0/s1. The molecule has 12 heteroatoms. The third-order valence-corrected chi connectivity index (χ3v) is 8.76. The molecule has 2 fully saturated rings. The topological polar surface area (TPSA) is 172 Å². The van der Waals surface area contributed by atoms with Gasteiger partial charge in [0.15, 0.2) is 29.5 Å². The van der Waals surface area contributed by atoms with Gasteiger partial charge < -0.3 is 33.9 Å². The van der Waals surface area contributed by atoms with Crippen molar-refractivity contribution in [2.24, 2.45) is 5.92 Å². The van der Waals surface area contributed by atoms with Crippen molar-refractivity contribution in [2.75, 3.05) is 0 Å². The number of ether oxygens (including phenoxy) is 5. The molecule has 3 aliphatic rings. The van der Waals surface area contributed by atoms with Crippen LogP contribution in [0.25, 0.3) is 0 Å². The number of carbonyl (C=O) groups excluding carboxylic acids is 5. The second kappa shape index (κ2) is 12.8. The Bertz CT molecular complexity index is 1220. The van der Waals surface area contributed by atoms with Crippen molar-refractivity contribution >= 4 is 29.8 Å². The minimum absolute atomic E-state index is 0.0242. The van der Waals surface area contributed by atoms with Gasteiger partial charge in [-0.1, -0.05) is 26.3 Å². The van der Waals surface area contributed by atoms with Gasteiger partial charge in [0.1, 0.15) is 11.7 Å². The van der Waals surface area contributed by atoms with Gasteiger partial charge in [-0.15, -0.1) is 0 Å². The first-order valence-corrected chi connectivity index (χ1v) is 14.8. The van der Waals surface area contributed by atoms with Crippen molar-refractivity contribution < 1.29 is 57.9 Å². The summed E-state index contributed by atoms with van der Waals surface area (Å²) in [5.74, 6) is -5.07. The van der Waals surface area contributed by atoms with Crippen LogP contribution in [0, 0.1) is 5.92 Å². The molecule has 0 radical (unpaired) electrons. The monoisotopic (exact) mass is 608 g/mol. The van der Waals surface area contributed by atoms with Crippen LogP contribution in [0.5, 0.6) is 0 Å². The van der Waals surface area contributed by atoms with Crippen molar-refractivity contribution in [3.05, 3.63) is 22.8 Å². The molecule has 1 saturated heterocycles. The van der Waals surface area contributed by atoms with E-state index in [2.05, 4.69) is 0 Å². The van der Waals surface area contributed by atoms with Gasteiger partial charge in [-0.05, 0) is 58.6 Å². The second-order valence-electron chi connectivity index (χ2n) is 12.0. The zero-order valence-corrected chi connectivity index (χ0v) is 26.2. The van der Waals surface area contributed by atoms with Crippen molar-refractivity contribution in [3.63, 3.8) is 0 Å². The lowest BCUT2D eigenvalue weighted by molar-refractivity contribution is -0.212. The molecule has 0 unspecified atom stereocenters. The van der Waals surface area contributed by atoms with Crippen LogP contribution in [-0.2, 0) is 47.7 Å². The molecule has 43 heavy (non-hydrogen) atoms. The number of hydrogen-bond acceptors (Lipinski definition) is 12. The number of carbonyl (C=O) groups is 5. The highest BCUT2D eigenvalue weighted by Gasteiger charge is 2.76. The van der Waals surface area contributed by atoms with Gasteiger partial charge in [0.05, 0.1) is 5.92 Å². The maximum atomic E-state index is 13.1. The average molecular weight is 609 g/mol. The van der Waals surface area contributed by atoms with Crippen molar-refractivity contribution in [1.29, 1.82) is 0 Å². The Kier molecular flexibility index (Phi) is 10.2. The quantitative estimate of drug-likeness (QED) is 0.161. The lowest BCUT2D eigenvalue weighted by Gasteiger charge is -2.41. The summed E-state index contributed by atoms with van der Waals surface area (Å²) in [6, 6.07) is 0. The van der Waals surface area contributed by atoms with Crippen LogP contribution < -0.4 is 0 Å². The highest BCUT2D eigenvalue weighted by molar-refractivity contribution is 5.88. The van der Waals surface area contributed by atoms with Gasteiger partial charge in [0, 0.05) is 31.8 Å². The maximum Gasteiger partial charge on any atom is 0.341 e. The molecule has 0 bridgehead atoms. The van der Waals surface area contributed by atoms with Crippen LogP contribution in [0.15, 0.2) is 22.8 Å². The summed E-state index contributed by atoms with van der Waals surface area (Å²) < 4.78 is 29.0. The van der Waals surface area contributed by atoms with E-state index in [1.807, 2.05) is 6.92 Å². The zero-order chi connectivity index (χ0) is 32.5. The minimum atomic E-state index is -2.57. The molecule has 0 aromatic heterocycles. The Morgan fingerprint density at radius 1 is 1.00 bits per heavy atom. The van der Waals surface area contributed by atoms with Gasteiger partial charge in [0.25, 0.3) is 0 Å². The van der Waals surface area contributed by atoms with Crippen LogP contribution >= 0.6 is 0 Å². The van der Waals surface area contributed by atoms with E-state index in [4.69, 9.17) is 23.7 Å². The van der Waals surface area contributed by atoms with E-state index in [0.29, 0.717) is 19.3 Å². The largest absolute Gasteiger partial charge is 0.459 e. The highest BCUT2D eigenvalue weighted by atomic mass is 16.6. The number of unbranched alkanes of at least 4 members (excludes halogenated alkanes) is 1. The third kappa shape index (κ3) is 6.08. The molecule has 0 amide bonds. The van der Waals surface area contributed by atoms with Crippen LogP contribution in [0.4, 0.5) is 0 Å². The second-order valence-corrected chi connectivity index (χ2v) is 12.0. The summed E-state index contributed by atoms with van der Waals surface area (Å²) in [5, 5.41) is 23.7. The molecule has 0 spiro atoms. The first kappa shape index (κ1) is 34.2. The van der Waals surface area contributed by atoms with E-state index in [1.54, 1.807) is 33.8 Å². The summed E-state index contributed by atoms with van der Waals surface area (Å²) in [7, 11) is 0. The lowest BCUT2D eigenvalue weighted by Crippen LogP contribution is -2.64. The molecular formula is C31H44O12. The Morgan fingerprint density at radius 3 is 2.19 bits per heavy atom. The summed E-state index contributed by atoms with van der Waals surface area (Å²) in [6.45, 7) is 12.2. The molecule has 240 valence electrons. The number of allylic oxidation sites excluding steroid dienone is 1. The maximum absolute atomic E-state index is 13.1. The fourth-order valence-electron chi connectivity index (χ4n) is 6.35.